The normalized spacial score (nSPS) is 18.1. The van der Waals surface area contributed by atoms with Gasteiger partial charge in [-0.3, -0.25) is 19.4 Å². The Morgan fingerprint density at radius 2 is 1.62 bits per heavy atom. The molecular formula is C21H17Cl2N3O3. The number of likely N-dealkylation sites (tertiary alicyclic amines) is 1. The lowest BCUT2D eigenvalue weighted by atomic mass is 9.97. The summed E-state index contributed by atoms with van der Waals surface area (Å²) in [5.74, 6) is 0.337. The number of imide groups is 1. The average Bonchev–Trinajstić information content (AvgIpc) is 3.25. The molecule has 0 atom stereocenters. The molecule has 3 aromatic rings. The van der Waals surface area contributed by atoms with Crippen molar-refractivity contribution in [1.29, 1.82) is 0 Å². The molecule has 6 nitrogen and oxygen atoms in total. The molecule has 1 aromatic heterocycles. The highest BCUT2D eigenvalue weighted by atomic mass is 35.5. The molecule has 0 spiro atoms. The molecule has 2 aromatic carbocycles. The number of fused-ring (bicyclic) bond motifs is 2. The summed E-state index contributed by atoms with van der Waals surface area (Å²) in [6.07, 6.45) is 1.71. The number of amides is 2. The minimum atomic E-state index is -0.329. The first-order valence-electron chi connectivity index (χ1n) is 9.44. The molecule has 2 amide bonds. The first-order chi connectivity index (χ1) is 14.0. The molecule has 2 aliphatic rings. The smallest absolute Gasteiger partial charge is 0.262 e. The van der Waals surface area contributed by atoms with Crippen LogP contribution in [0, 0.1) is 0 Å². The second kappa shape index (κ2) is 7.13. The average molecular weight is 430 g/mol. The number of hydrogen-bond acceptors (Lipinski definition) is 5. The fourth-order valence-electron chi connectivity index (χ4n) is 4.00. The third-order valence-electron chi connectivity index (χ3n) is 5.60. The van der Waals surface area contributed by atoms with Crippen molar-refractivity contribution in [3.63, 3.8) is 0 Å². The summed E-state index contributed by atoms with van der Waals surface area (Å²) >= 11 is 12.0. The van der Waals surface area contributed by atoms with Crippen LogP contribution in [0.15, 0.2) is 40.8 Å². The summed E-state index contributed by atoms with van der Waals surface area (Å²) in [5, 5.41) is 0.542. The number of oxazole rings is 1. The van der Waals surface area contributed by atoms with E-state index in [-0.39, 0.29) is 34.4 Å². The van der Waals surface area contributed by atoms with Crippen LogP contribution in [0.25, 0.3) is 11.1 Å². The number of hydrogen-bond donors (Lipinski definition) is 0. The lowest BCUT2D eigenvalue weighted by molar-refractivity contribution is 0.0507. The zero-order chi connectivity index (χ0) is 20.1. The molecule has 1 fully saturated rings. The third kappa shape index (κ3) is 3.21. The predicted molar refractivity (Wildman–Crippen MR) is 109 cm³/mol. The number of aromatic nitrogens is 1. The van der Waals surface area contributed by atoms with Gasteiger partial charge in [-0.2, -0.15) is 0 Å². The number of para-hydroxylation sites is 2. The molecule has 29 heavy (non-hydrogen) atoms. The highest BCUT2D eigenvalue weighted by Gasteiger charge is 2.38. The topological polar surface area (TPSA) is 66.7 Å². The molecule has 0 radical (unpaired) electrons. The van der Waals surface area contributed by atoms with Crippen molar-refractivity contribution in [3.05, 3.63) is 63.5 Å². The first kappa shape index (κ1) is 18.6. The Morgan fingerprint density at radius 3 is 2.24 bits per heavy atom. The van der Waals surface area contributed by atoms with Crippen molar-refractivity contribution in [2.45, 2.75) is 18.8 Å². The quantitative estimate of drug-likeness (QED) is 0.570. The highest BCUT2D eigenvalue weighted by Crippen LogP contribution is 2.33. The van der Waals surface area contributed by atoms with Crippen LogP contribution in [0.5, 0.6) is 0 Å². The summed E-state index contributed by atoms with van der Waals surface area (Å²) in [6.45, 7) is 1.75. The van der Waals surface area contributed by atoms with E-state index in [2.05, 4.69) is 9.88 Å². The summed E-state index contributed by atoms with van der Waals surface area (Å²) < 4.78 is 5.90. The molecule has 5 rings (SSSR count). The van der Waals surface area contributed by atoms with Gasteiger partial charge in [0.05, 0.1) is 27.8 Å². The van der Waals surface area contributed by atoms with Gasteiger partial charge in [0.25, 0.3) is 11.8 Å². The lowest BCUT2D eigenvalue weighted by Crippen LogP contribution is -2.44. The SMILES string of the molecule is O=C1c2cc(Cl)c(Cl)cc2C(=O)N1CN1CCC(c2nc3ccccc3o2)CC1. The van der Waals surface area contributed by atoms with E-state index < -0.39 is 0 Å². The second-order valence-electron chi connectivity index (χ2n) is 7.40. The van der Waals surface area contributed by atoms with Crippen LogP contribution < -0.4 is 0 Å². The molecule has 148 valence electrons. The van der Waals surface area contributed by atoms with Crippen molar-refractivity contribution < 1.29 is 14.0 Å². The van der Waals surface area contributed by atoms with Gasteiger partial charge in [0.1, 0.15) is 5.52 Å². The lowest BCUT2D eigenvalue weighted by Gasteiger charge is -2.32. The number of carbonyl (C=O) groups is 2. The van der Waals surface area contributed by atoms with Crippen LogP contribution in [-0.2, 0) is 0 Å². The van der Waals surface area contributed by atoms with Crippen molar-refractivity contribution >= 4 is 46.1 Å². The zero-order valence-corrected chi connectivity index (χ0v) is 16.9. The molecule has 0 aliphatic carbocycles. The Morgan fingerprint density at radius 1 is 1.00 bits per heavy atom. The van der Waals surface area contributed by atoms with Crippen LogP contribution in [0.2, 0.25) is 10.0 Å². The Balaban J connectivity index is 1.26. The van der Waals surface area contributed by atoms with Gasteiger partial charge in [-0.25, -0.2) is 4.98 Å². The maximum Gasteiger partial charge on any atom is 0.262 e. The Labute approximate surface area is 177 Å². The van der Waals surface area contributed by atoms with Gasteiger partial charge < -0.3 is 4.42 Å². The molecule has 0 bridgehead atoms. The zero-order valence-electron chi connectivity index (χ0n) is 15.4. The molecule has 0 saturated carbocycles. The van der Waals surface area contributed by atoms with Crippen LogP contribution in [0.4, 0.5) is 0 Å². The van der Waals surface area contributed by atoms with Crippen molar-refractivity contribution in [2.75, 3.05) is 19.8 Å². The van der Waals surface area contributed by atoms with Crippen molar-refractivity contribution in [3.8, 4) is 0 Å². The van der Waals surface area contributed by atoms with Gasteiger partial charge in [0.15, 0.2) is 11.5 Å². The molecule has 3 heterocycles. The number of benzene rings is 2. The van der Waals surface area contributed by atoms with E-state index in [4.69, 9.17) is 27.6 Å². The molecule has 8 heteroatoms. The monoisotopic (exact) mass is 429 g/mol. The van der Waals surface area contributed by atoms with Gasteiger partial charge >= 0.3 is 0 Å². The summed E-state index contributed by atoms with van der Waals surface area (Å²) in [5.41, 5.74) is 2.29. The highest BCUT2D eigenvalue weighted by molar-refractivity contribution is 6.43. The van der Waals surface area contributed by atoms with Crippen molar-refractivity contribution in [1.82, 2.24) is 14.8 Å². The number of halogens is 2. The minimum Gasteiger partial charge on any atom is -0.440 e. The third-order valence-corrected chi connectivity index (χ3v) is 6.32. The van der Waals surface area contributed by atoms with E-state index in [1.54, 1.807) is 0 Å². The Hall–Kier alpha value is -2.41. The van der Waals surface area contributed by atoms with Crippen molar-refractivity contribution in [2.24, 2.45) is 0 Å². The molecular weight excluding hydrogens is 413 g/mol. The van der Waals surface area contributed by atoms with E-state index >= 15 is 0 Å². The van der Waals surface area contributed by atoms with Gasteiger partial charge in [-0.15, -0.1) is 0 Å². The van der Waals surface area contributed by atoms with Gasteiger partial charge in [-0.1, -0.05) is 35.3 Å². The number of nitrogens with zero attached hydrogens (tertiary/aromatic N) is 3. The number of rotatable bonds is 3. The second-order valence-corrected chi connectivity index (χ2v) is 8.22. The van der Waals surface area contributed by atoms with Gasteiger partial charge in [0, 0.05) is 19.0 Å². The fraction of sp³-hybridized carbons (Fsp3) is 0.286. The van der Waals surface area contributed by atoms with E-state index in [9.17, 15) is 9.59 Å². The van der Waals surface area contributed by atoms with E-state index in [0.29, 0.717) is 11.1 Å². The van der Waals surface area contributed by atoms with E-state index in [1.807, 2.05) is 24.3 Å². The summed E-state index contributed by atoms with van der Waals surface area (Å²) in [7, 11) is 0. The van der Waals surface area contributed by atoms with E-state index in [1.165, 1.54) is 17.0 Å². The fourth-order valence-corrected chi connectivity index (χ4v) is 4.33. The molecule has 1 saturated heterocycles. The standard InChI is InChI=1S/C21H17Cl2N3O3/c22-15-9-13-14(10-16(15)23)21(28)26(20(13)27)11-25-7-5-12(6-8-25)19-24-17-3-1-2-4-18(17)29-19/h1-4,9-10,12H,5-8,11H2. The van der Waals surface area contributed by atoms with Crippen LogP contribution in [0.1, 0.15) is 45.4 Å². The van der Waals surface area contributed by atoms with Crippen LogP contribution >= 0.6 is 23.2 Å². The molecule has 0 unspecified atom stereocenters. The van der Waals surface area contributed by atoms with E-state index in [0.717, 1.165) is 42.9 Å². The number of carbonyl (C=O) groups excluding carboxylic acids is 2. The molecule has 2 aliphatic heterocycles. The van der Waals surface area contributed by atoms with Gasteiger partial charge in [0.2, 0.25) is 0 Å². The number of piperidine rings is 1. The van der Waals surface area contributed by atoms with Crippen LogP contribution in [0.3, 0.4) is 0 Å². The minimum absolute atomic E-state index is 0.235. The summed E-state index contributed by atoms with van der Waals surface area (Å²) in [6, 6.07) is 10.7. The first-order valence-corrected chi connectivity index (χ1v) is 10.2. The van der Waals surface area contributed by atoms with Crippen LogP contribution in [-0.4, -0.2) is 46.4 Å². The predicted octanol–water partition coefficient (Wildman–Crippen LogP) is 4.57. The largest absolute Gasteiger partial charge is 0.440 e. The maximum atomic E-state index is 12.7. The van der Waals surface area contributed by atoms with Gasteiger partial charge in [-0.05, 0) is 37.1 Å². The Kier molecular flexibility index (Phi) is 4.57. The Bertz CT molecular complexity index is 1060. The maximum absolute atomic E-state index is 12.7. The molecule has 0 N–H and O–H groups in total. The summed E-state index contributed by atoms with van der Waals surface area (Å²) in [4.78, 5) is 33.3.